The van der Waals surface area contributed by atoms with Crippen LogP contribution in [0.15, 0.2) is 18.2 Å². The fourth-order valence-electron chi connectivity index (χ4n) is 2.58. The predicted octanol–water partition coefficient (Wildman–Crippen LogP) is 1.93. The van der Waals surface area contributed by atoms with E-state index in [1.165, 1.54) is 0 Å². The number of nitrogens with one attached hydrogen (secondary N) is 1. The Kier molecular flexibility index (Phi) is 2.73. The summed E-state index contributed by atoms with van der Waals surface area (Å²) in [5.74, 6) is 0.315. The third-order valence-corrected chi connectivity index (χ3v) is 5.50. The molecule has 1 N–H and O–H groups in total. The van der Waals surface area contributed by atoms with Crippen LogP contribution in [0.4, 0.5) is 0 Å². The quantitative estimate of drug-likeness (QED) is 0.815. The number of hydrogen-bond donors (Lipinski definition) is 1. The van der Waals surface area contributed by atoms with E-state index in [4.69, 9.17) is 17.5 Å². The Labute approximate surface area is 115 Å². The highest BCUT2D eigenvalue weighted by atomic mass is 32.2. The van der Waals surface area contributed by atoms with Crippen LogP contribution < -0.4 is 0 Å². The Morgan fingerprint density at radius 1 is 1.47 bits per heavy atom. The zero-order chi connectivity index (χ0) is 13.6. The lowest BCUT2D eigenvalue weighted by atomic mass is 10.2. The Morgan fingerprint density at radius 2 is 2.26 bits per heavy atom. The lowest BCUT2D eigenvalue weighted by Gasteiger charge is -2.11. The molecule has 1 saturated heterocycles. The number of aromatic nitrogens is 2. The number of nitrogens with zero attached hydrogens (tertiary/aromatic N) is 2. The molecule has 1 atom stereocenters. The summed E-state index contributed by atoms with van der Waals surface area (Å²) in [6.07, 6.45) is 0.570. The Bertz CT molecular complexity index is 855. The van der Waals surface area contributed by atoms with Gasteiger partial charge in [-0.05, 0) is 30.8 Å². The minimum atomic E-state index is -2.97. The van der Waals surface area contributed by atoms with Crippen molar-refractivity contribution in [2.75, 3.05) is 11.5 Å². The molecule has 0 bridgehead atoms. The first kappa shape index (κ1) is 12.4. The second-order valence-electron chi connectivity index (χ2n) is 4.67. The molecule has 0 amide bonds. The fraction of sp³-hybridized carbons (Fsp3) is 0.333. The van der Waals surface area contributed by atoms with E-state index in [0.29, 0.717) is 22.3 Å². The molecule has 7 heteroatoms. The van der Waals surface area contributed by atoms with E-state index >= 15 is 0 Å². The first-order chi connectivity index (χ1) is 9.02. The molecule has 5 nitrogen and oxygen atoms in total. The van der Waals surface area contributed by atoms with E-state index in [-0.39, 0.29) is 17.5 Å². The molecule has 1 fully saturated rings. The van der Waals surface area contributed by atoms with E-state index < -0.39 is 9.84 Å². The van der Waals surface area contributed by atoms with E-state index in [9.17, 15) is 8.42 Å². The second-order valence-corrected chi connectivity index (χ2v) is 7.28. The van der Waals surface area contributed by atoms with Crippen molar-refractivity contribution in [2.45, 2.75) is 12.5 Å². The van der Waals surface area contributed by atoms with Crippen molar-refractivity contribution in [3.05, 3.63) is 28.5 Å². The van der Waals surface area contributed by atoms with Gasteiger partial charge in [-0.3, -0.25) is 0 Å². The SMILES string of the molecule is N#Cc1cccc2c1[nH]c(=S)n2C1CCS(=O)(=O)C1. The average molecular weight is 293 g/mol. The highest BCUT2D eigenvalue weighted by Gasteiger charge is 2.30. The Balaban J connectivity index is 2.23. The topological polar surface area (TPSA) is 78.7 Å². The zero-order valence-corrected chi connectivity index (χ0v) is 11.6. The molecule has 2 aromatic rings. The number of para-hydroxylation sites is 1. The Morgan fingerprint density at radius 3 is 2.89 bits per heavy atom. The van der Waals surface area contributed by atoms with E-state index in [0.717, 1.165) is 5.52 Å². The van der Waals surface area contributed by atoms with Crippen LogP contribution in [0.2, 0.25) is 0 Å². The molecule has 0 radical (unpaired) electrons. The number of hydrogen-bond acceptors (Lipinski definition) is 4. The number of aromatic amines is 1. The van der Waals surface area contributed by atoms with Gasteiger partial charge >= 0.3 is 0 Å². The van der Waals surface area contributed by atoms with E-state index in [1.54, 1.807) is 12.1 Å². The monoisotopic (exact) mass is 293 g/mol. The first-order valence-electron chi connectivity index (χ1n) is 5.85. The number of nitriles is 1. The lowest BCUT2D eigenvalue weighted by molar-refractivity contribution is 0.563. The molecule has 0 aliphatic carbocycles. The van der Waals surface area contributed by atoms with Crippen molar-refractivity contribution in [3.8, 4) is 6.07 Å². The largest absolute Gasteiger partial charge is 0.329 e. The molecule has 19 heavy (non-hydrogen) atoms. The lowest BCUT2D eigenvalue weighted by Crippen LogP contribution is -2.10. The summed E-state index contributed by atoms with van der Waals surface area (Å²) in [6, 6.07) is 7.32. The molecular weight excluding hydrogens is 282 g/mol. The molecule has 1 aliphatic rings. The number of sulfone groups is 1. The first-order valence-corrected chi connectivity index (χ1v) is 8.08. The van der Waals surface area contributed by atoms with E-state index in [1.807, 2.05) is 10.6 Å². The van der Waals surface area contributed by atoms with Gasteiger partial charge in [0.2, 0.25) is 0 Å². The molecule has 1 aromatic heterocycles. The number of fused-ring (bicyclic) bond motifs is 1. The van der Waals surface area contributed by atoms with Crippen LogP contribution in [0.3, 0.4) is 0 Å². The van der Waals surface area contributed by atoms with Crippen molar-refractivity contribution in [3.63, 3.8) is 0 Å². The van der Waals surface area contributed by atoms with Crippen molar-refractivity contribution < 1.29 is 8.42 Å². The van der Waals surface area contributed by atoms with Crippen molar-refractivity contribution in [1.29, 1.82) is 5.26 Å². The normalized spacial score (nSPS) is 21.5. The fourth-order valence-corrected chi connectivity index (χ4v) is 4.63. The van der Waals surface area contributed by atoms with E-state index in [2.05, 4.69) is 11.1 Å². The summed E-state index contributed by atoms with van der Waals surface area (Å²) in [5, 5.41) is 9.08. The zero-order valence-electron chi connectivity index (χ0n) is 9.96. The molecule has 2 heterocycles. The maximum atomic E-state index is 11.6. The molecular formula is C12H11N3O2S2. The maximum Gasteiger partial charge on any atom is 0.178 e. The third kappa shape index (κ3) is 1.97. The highest BCUT2D eigenvalue weighted by molar-refractivity contribution is 7.91. The summed E-state index contributed by atoms with van der Waals surface area (Å²) in [4.78, 5) is 3.01. The summed E-state index contributed by atoms with van der Waals surface area (Å²) in [7, 11) is -2.97. The molecule has 1 aliphatic heterocycles. The predicted molar refractivity (Wildman–Crippen MR) is 74.1 cm³/mol. The van der Waals surface area contributed by atoms with Gasteiger partial charge in [-0.1, -0.05) is 6.07 Å². The molecule has 1 unspecified atom stereocenters. The van der Waals surface area contributed by atoms with Crippen LogP contribution in [0.1, 0.15) is 18.0 Å². The number of rotatable bonds is 1. The van der Waals surface area contributed by atoms with Crippen LogP contribution >= 0.6 is 12.2 Å². The maximum absolute atomic E-state index is 11.6. The van der Waals surface area contributed by atoms with Crippen molar-refractivity contribution in [1.82, 2.24) is 9.55 Å². The molecule has 1 aromatic carbocycles. The number of imidazole rings is 1. The smallest absolute Gasteiger partial charge is 0.178 e. The van der Waals surface area contributed by atoms with Gasteiger partial charge in [0, 0.05) is 0 Å². The highest BCUT2D eigenvalue weighted by Crippen LogP contribution is 2.29. The molecule has 0 saturated carbocycles. The van der Waals surface area contributed by atoms with Crippen molar-refractivity contribution >= 4 is 33.1 Å². The minimum absolute atomic E-state index is 0.116. The minimum Gasteiger partial charge on any atom is -0.329 e. The standard InChI is InChI=1S/C12H11N3O2S2/c13-6-8-2-1-3-10-11(8)14-12(18)15(10)9-4-5-19(16,17)7-9/h1-3,9H,4-5,7H2,(H,14,18). The summed E-state index contributed by atoms with van der Waals surface area (Å²) < 4.78 is 25.5. The number of H-pyrrole nitrogens is 1. The van der Waals surface area contributed by atoms with Gasteiger partial charge in [-0.2, -0.15) is 5.26 Å². The van der Waals surface area contributed by atoms with Crippen molar-refractivity contribution in [2.24, 2.45) is 0 Å². The second kappa shape index (κ2) is 4.18. The van der Waals surface area contributed by atoms with Gasteiger partial charge in [0.05, 0.1) is 34.1 Å². The van der Waals surface area contributed by atoms with Crippen LogP contribution in [0, 0.1) is 16.1 Å². The average Bonchev–Trinajstić information content (AvgIpc) is 2.87. The van der Waals surface area contributed by atoms with Gasteiger partial charge < -0.3 is 9.55 Å². The third-order valence-electron chi connectivity index (χ3n) is 3.45. The van der Waals surface area contributed by atoms with Crippen LogP contribution in [0.5, 0.6) is 0 Å². The molecule has 0 spiro atoms. The van der Waals surface area contributed by atoms with Gasteiger partial charge in [-0.25, -0.2) is 8.42 Å². The summed E-state index contributed by atoms with van der Waals surface area (Å²) in [6.45, 7) is 0. The van der Waals surface area contributed by atoms with Gasteiger partial charge in [0.15, 0.2) is 14.6 Å². The van der Waals surface area contributed by atoms with Crippen LogP contribution in [-0.4, -0.2) is 29.5 Å². The van der Waals surface area contributed by atoms with Crippen LogP contribution in [-0.2, 0) is 9.84 Å². The Hall–Kier alpha value is -1.65. The summed E-state index contributed by atoms with van der Waals surface area (Å²) in [5.41, 5.74) is 1.99. The van der Waals surface area contributed by atoms with Gasteiger partial charge in [0.25, 0.3) is 0 Å². The van der Waals surface area contributed by atoms with Gasteiger partial charge in [-0.15, -0.1) is 0 Å². The molecule has 3 rings (SSSR count). The molecule has 98 valence electrons. The summed E-state index contributed by atoms with van der Waals surface area (Å²) >= 11 is 5.28. The van der Waals surface area contributed by atoms with Crippen LogP contribution in [0.25, 0.3) is 11.0 Å². The number of benzene rings is 1. The van der Waals surface area contributed by atoms with Gasteiger partial charge in [0.1, 0.15) is 6.07 Å².